The molecular weight excluding hydrogens is 240 g/mol. The molecule has 3 nitrogen and oxygen atoms in total. The van der Waals surface area contributed by atoms with Crippen molar-refractivity contribution < 1.29 is 18.3 Å². The molecule has 0 radical (unpaired) electrons. The summed E-state index contributed by atoms with van der Waals surface area (Å²) in [5.41, 5.74) is 0.702. The van der Waals surface area contributed by atoms with Gasteiger partial charge in [-0.15, -0.1) is 0 Å². The van der Waals surface area contributed by atoms with Crippen LogP contribution in [0.25, 0.3) is 0 Å². The first-order chi connectivity index (χ1) is 8.70. The van der Waals surface area contributed by atoms with Crippen LogP contribution in [0.3, 0.4) is 0 Å². The van der Waals surface area contributed by atoms with Gasteiger partial charge < -0.3 is 14.8 Å². The van der Waals surface area contributed by atoms with Gasteiger partial charge in [-0.2, -0.15) is 8.78 Å². The zero-order valence-corrected chi connectivity index (χ0v) is 10.3. The Morgan fingerprint density at radius 2 is 2.17 bits per heavy atom. The van der Waals surface area contributed by atoms with Crippen molar-refractivity contribution in [1.29, 1.82) is 0 Å². The van der Waals surface area contributed by atoms with E-state index in [0.29, 0.717) is 30.5 Å². The summed E-state index contributed by atoms with van der Waals surface area (Å²) in [6.07, 6.45) is 2.30. The summed E-state index contributed by atoms with van der Waals surface area (Å²) < 4.78 is 34.8. The van der Waals surface area contributed by atoms with Gasteiger partial charge in [-0.05, 0) is 25.8 Å². The number of para-hydroxylation sites is 1. The topological polar surface area (TPSA) is 30.5 Å². The zero-order chi connectivity index (χ0) is 13.0. The van der Waals surface area contributed by atoms with Crippen LogP contribution in [0, 0.1) is 0 Å². The first-order valence-electron chi connectivity index (χ1n) is 6.13. The second-order valence-corrected chi connectivity index (χ2v) is 4.21. The fraction of sp³-hybridized carbons (Fsp3) is 0.538. The molecule has 1 aromatic carbocycles. The fourth-order valence-electron chi connectivity index (χ4n) is 1.73. The maximum absolute atomic E-state index is 12.4. The molecule has 0 heterocycles. The molecule has 1 aromatic rings. The molecule has 100 valence electrons. The number of hydrogen-bond acceptors (Lipinski definition) is 3. The van der Waals surface area contributed by atoms with Crippen molar-refractivity contribution in [3.05, 3.63) is 23.8 Å². The number of halogens is 2. The average Bonchev–Trinajstić information content (AvgIpc) is 3.13. The first kappa shape index (κ1) is 13.1. The second-order valence-electron chi connectivity index (χ2n) is 4.21. The monoisotopic (exact) mass is 257 g/mol. The summed E-state index contributed by atoms with van der Waals surface area (Å²) >= 11 is 0. The Bertz CT molecular complexity index is 395. The Hall–Kier alpha value is -1.36. The van der Waals surface area contributed by atoms with Gasteiger partial charge in [0.05, 0.1) is 6.61 Å². The minimum absolute atomic E-state index is 0.141. The Morgan fingerprint density at radius 3 is 2.78 bits per heavy atom. The fourth-order valence-corrected chi connectivity index (χ4v) is 1.73. The number of rotatable bonds is 7. The first-order valence-corrected chi connectivity index (χ1v) is 6.13. The lowest BCUT2D eigenvalue weighted by Gasteiger charge is -2.15. The number of ether oxygens (including phenoxy) is 2. The van der Waals surface area contributed by atoms with Crippen LogP contribution in [0.2, 0.25) is 0 Å². The van der Waals surface area contributed by atoms with Crippen LogP contribution in [0.4, 0.5) is 8.78 Å². The number of benzene rings is 1. The van der Waals surface area contributed by atoms with E-state index in [0.717, 1.165) is 12.8 Å². The lowest BCUT2D eigenvalue weighted by atomic mass is 10.2. The van der Waals surface area contributed by atoms with E-state index in [1.54, 1.807) is 25.1 Å². The minimum Gasteiger partial charge on any atom is -0.490 e. The van der Waals surface area contributed by atoms with Gasteiger partial charge in [0.15, 0.2) is 11.5 Å². The molecule has 1 fully saturated rings. The standard InChI is InChI=1S/C13H17F2NO2/c1-2-17-11-5-3-4-9(8-16-10-6-7-10)12(11)18-13(14)15/h3-5,10,13,16H,2,6-8H2,1H3. The van der Waals surface area contributed by atoms with E-state index in [4.69, 9.17) is 4.74 Å². The molecule has 0 atom stereocenters. The molecule has 1 aliphatic carbocycles. The largest absolute Gasteiger partial charge is 0.490 e. The van der Waals surface area contributed by atoms with Crippen molar-refractivity contribution in [2.45, 2.75) is 39.0 Å². The Morgan fingerprint density at radius 1 is 1.39 bits per heavy atom. The molecule has 0 bridgehead atoms. The average molecular weight is 257 g/mol. The van der Waals surface area contributed by atoms with Gasteiger partial charge in [-0.3, -0.25) is 0 Å². The lowest BCUT2D eigenvalue weighted by molar-refractivity contribution is -0.0521. The van der Waals surface area contributed by atoms with Crippen LogP contribution in [-0.2, 0) is 6.54 Å². The maximum Gasteiger partial charge on any atom is 0.387 e. The highest BCUT2D eigenvalue weighted by Crippen LogP contribution is 2.33. The molecule has 0 amide bonds. The van der Waals surface area contributed by atoms with Crippen molar-refractivity contribution >= 4 is 0 Å². The van der Waals surface area contributed by atoms with E-state index in [2.05, 4.69) is 10.1 Å². The summed E-state index contributed by atoms with van der Waals surface area (Å²) in [4.78, 5) is 0. The second kappa shape index (κ2) is 6.00. The molecule has 18 heavy (non-hydrogen) atoms. The lowest BCUT2D eigenvalue weighted by Crippen LogP contribution is -2.17. The van der Waals surface area contributed by atoms with Gasteiger partial charge in [-0.25, -0.2) is 0 Å². The SMILES string of the molecule is CCOc1cccc(CNC2CC2)c1OC(F)F. The molecule has 0 saturated heterocycles. The van der Waals surface area contributed by atoms with Crippen LogP contribution in [0.5, 0.6) is 11.5 Å². The van der Waals surface area contributed by atoms with E-state index in [1.807, 2.05) is 0 Å². The van der Waals surface area contributed by atoms with Gasteiger partial charge in [0.2, 0.25) is 0 Å². The Balaban J connectivity index is 2.15. The normalized spacial score (nSPS) is 14.9. The maximum atomic E-state index is 12.4. The molecule has 2 rings (SSSR count). The predicted octanol–water partition coefficient (Wildman–Crippen LogP) is 2.94. The van der Waals surface area contributed by atoms with E-state index in [9.17, 15) is 8.78 Å². The molecule has 0 unspecified atom stereocenters. The summed E-state index contributed by atoms with van der Waals surface area (Å²) in [7, 11) is 0. The summed E-state index contributed by atoms with van der Waals surface area (Å²) in [6, 6.07) is 5.71. The molecule has 0 spiro atoms. The molecule has 0 aromatic heterocycles. The van der Waals surface area contributed by atoms with Gasteiger partial charge in [0.1, 0.15) is 0 Å². The Labute approximate surface area is 105 Å². The summed E-state index contributed by atoms with van der Waals surface area (Å²) in [5.74, 6) is 0.510. The molecule has 1 saturated carbocycles. The van der Waals surface area contributed by atoms with Crippen molar-refractivity contribution in [2.75, 3.05) is 6.61 Å². The van der Waals surface area contributed by atoms with Crippen LogP contribution in [-0.4, -0.2) is 19.3 Å². The van der Waals surface area contributed by atoms with Gasteiger partial charge >= 0.3 is 6.61 Å². The molecule has 1 N–H and O–H groups in total. The quantitative estimate of drug-likeness (QED) is 0.814. The van der Waals surface area contributed by atoms with Gasteiger partial charge in [-0.1, -0.05) is 12.1 Å². The smallest absolute Gasteiger partial charge is 0.387 e. The van der Waals surface area contributed by atoms with E-state index < -0.39 is 6.61 Å². The van der Waals surface area contributed by atoms with Gasteiger partial charge in [0.25, 0.3) is 0 Å². The highest BCUT2D eigenvalue weighted by Gasteiger charge is 2.22. The van der Waals surface area contributed by atoms with Gasteiger partial charge in [0, 0.05) is 18.2 Å². The van der Waals surface area contributed by atoms with Crippen LogP contribution < -0.4 is 14.8 Å². The number of hydrogen-bond donors (Lipinski definition) is 1. The number of alkyl halides is 2. The molecule has 1 aliphatic rings. The molecule has 0 aliphatic heterocycles. The molecular formula is C13H17F2NO2. The third-order valence-corrected chi connectivity index (χ3v) is 2.73. The third-order valence-electron chi connectivity index (χ3n) is 2.73. The van der Waals surface area contributed by atoms with Crippen molar-refractivity contribution in [1.82, 2.24) is 5.32 Å². The minimum atomic E-state index is -2.84. The van der Waals surface area contributed by atoms with E-state index in [1.165, 1.54) is 0 Å². The van der Waals surface area contributed by atoms with Crippen molar-refractivity contribution in [3.8, 4) is 11.5 Å². The highest BCUT2D eigenvalue weighted by atomic mass is 19.3. The Kier molecular flexibility index (Phi) is 4.36. The zero-order valence-electron chi connectivity index (χ0n) is 10.3. The van der Waals surface area contributed by atoms with Crippen LogP contribution >= 0.6 is 0 Å². The van der Waals surface area contributed by atoms with E-state index >= 15 is 0 Å². The van der Waals surface area contributed by atoms with Crippen molar-refractivity contribution in [2.24, 2.45) is 0 Å². The van der Waals surface area contributed by atoms with Crippen molar-refractivity contribution in [3.63, 3.8) is 0 Å². The van der Waals surface area contributed by atoms with Crippen LogP contribution in [0.15, 0.2) is 18.2 Å². The highest BCUT2D eigenvalue weighted by molar-refractivity contribution is 5.46. The summed E-state index contributed by atoms with van der Waals surface area (Å²) in [6.45, 7) is -0.0973. The number of nitrogens with one attached hydrogen (secondary N) is 1. The third kappa shape index (κ3) is 3.57. The van der Waals surface area contributed by atoms with Crippen LogP contribution in [0.1, 0.15) is 25.3 Å². The predicted molar refractivity (Wildman–Crippen MR) is 64.1 cm³/mol. The van der Waals surface area contributed by atoms with E-state index in [-0.39, 0.29) is 5.75 Å². The molecule has 5 heteroatoms. The summed E-state index contributed by atoms with van der Waals surface area (Å²) in [5, 5.41) is 3.28.